The molecule has 0 atom stereocenters. The van der Waals surface area contributed by atoms with Crippen molar-refractivity contribution in [1.29, 1.82) is 0 Å². The molecule has 0 radical (unpaired) electrons. The number of benzene rings is 2. The standard InChI is InChI=1S/C43H56F6N2O/c1-40(2,35-29-33(42(44,45)46)20-22-37(35)50-27-24-31-15-9-7-10-16-31)26-14-6-5-13-19-39-41(3,4)36-30-34(52-43(47,48)49)21-23-38(36)51(39)28-25-32-17-11-8-12-18-32/h5-6,13-14,19-23,29-32,50H,7-12,15-18,24-28H2,1-4H3/p+1/b13-5+,14-6+,39-19+. The first-order valence-electron chi connectivity index (χ1n) is 19.3. The van der Waals surface area contributed by atoms with Gasteiger partial charge in [0.1, 0.15) is 11.4 Å². The molecule has 0 spiro atoms. The highest BCUT2D eigenvalue weighted by Crippen LogP contribution is 2.50. The van der Waals surface area contributed by atoms with E-state index in [0.29, 0.717) is 23.8 Å². The first kappa shape index (κ1) is 40.0. The van der Waals surface area contributed by atoms with Gasteiger partial charge in [-0.1, -0.05) is 116 Å². The highest BCUT2D eigenvalue weighted by molar-refractivity contribution is 5.72. The molecule has 1 aliphatic heterocycles. The van der Waals surface area contributed by atoms with E-state index >= 15 is 0 Å². The molecule has 3 aliphatic rings. The van der Waals surface area contributed by atoms with E-state index in [1.807, 2.05) is 58.1 Å². The number of rotatable bonds is 13. The lowest BCUT2D eigenvalue weighted by atomic mass is 9.79. The molecule has 5 rings (SSSR count). The maximum atomic E-state index is 13.8. The van der Waals surface area contributed by atoms with Gasteiger partial charge in [-0.05, 0) is 84.6 Å². The molecule has 0 bridgehead atoms. The summed E-state index contributed by atoms with van der Waals surface area (Å²) in [7, 11) is 0. The average Bonchev–Trinajstić information content (AvgIpc) is 3.29. The lowest BCUT2D eigenvalue weighted by Crippen LogP contribution is -2.79. The number of nitrogens with zero attached hydrogens (tertiary/aromatic N) is 1. The third kappa shape index (κ3) is 10.5. The van der Waals surface area contributed by atoms with E-state index in [0.717, 1.165) is 48.6 Å². The van der Waals surface area contributed by atoms with Crippen LogP contribution in [0.3, 0.4) is 0 Å². The molecule has 9 heteroatoms. The predicted molar refractivity (Wildman–Crippen MR) is 198 cm³/mol. The van der Waals surface area contributed by atoms with Crippen LogP contribution in [0.5, 0.6) is 5.75 Å². The van der Waals surface area contributed by atoms with Gasteiger partial charge in [-0.2, -0.15) is 13.2 Å². The van der Waals surface area contributed by atoms with Gasteiger partial charge in [-0.25, -0.2) is 0 Å². The molecule has 0 amide bonds. The number of nitrogens with two attached hydrogens (primary N) is 1. The average molecular weight is 732 g/mol. The quantitative estimate of drug-likeness (QED) is 0.126. The van der Waals surface area contributed by atoms with Crippen LogP contribution in [0, 0.1) is 11.8 Å². The van der Waals surface area contributed by atoms with Crippen LogP contribution in [-0.2, 0) is 17.0 Å². The summed E-state index contributed by atoms with van der Waals surface area (Å²) in [6, 6.07) is 8.80. The Hall–Kier alpha value is -3.20. The molecule has 0 saturated heterocycles. The molecule has 2 aliphatic carbocycles. The van der Waals surface area contributed by atoms with Crippen LogP contribution < -0.4 is 15.0 Å². The summed E-state index contributed by atoms with van der Waals surface area (Å²) in [6.07, 6.45) is 15.8. The summed E-state index contributed by atoms with van der Waals surface area (Å²) in [5.74, 6) is 1.12. The normalized spacial score (nSPS) is 20.0. The fraction of sp³-hybridized carbons (Fsp3) is 0.581. The van der Waals surface area contributed by atoms with E-state index in [2.05, 4.69) is 15.0 Å². The number of anilines is 1. The van der Waals surface area contributed by atoms with E-state index in [-0.39, 0.29) is 5.75 Å². The molecule has 286 valence electrons. The maximum Gasteiger partial charge on any atom is 0.573 e. The SMILES string of the molecule is CC(C)(C/C=C/C=C/C=C1/N(CCC2CCCCC2)c2ccc(OC(F)(F)F)cc2C1(C)C)c1cc(C(F)(F)F)ccc1[NH2+]CCC1CCCCC1. The minimum absolute atomic E-state index is 0.223. The van der Waals surface area contributed by atoms with Crippen LogP contribution in [0.2, 0.25) is 0 Å². The monoisotopic (exact) mass is 731 g/mol. The van der Waals surface area contributed by atoms with Gasteiger partial charge < -0.3 is 15.0 Å². The van der Waals surface area contributed by atoms with Crippen LogP contribution in [0.15, 0.2) is 72.5 Å². The van der Waals surface area contributed by atoms with Gasteiger partial charge in [0, 0.05) is 28.9 Å². The highest BCUT2D eigenvalue weighted by atomic mass is 19.4. The number of fused-ring (bicyclic) bond motifs is 1. The Morgan fingerprint density at radius 3 is 2.10 bits per heavy atom. The fourth-order valence-electron chi connectivity index (χ4n) is 8.59. The zero-order valence-electron chi connectivity index (χ0n) is 31.3. The number of allylic oxidation sites excluding steroid dienone is 6. The van der Waals surface area contributed by atoms with Crippen LogP contribution in [-0.4, -0.2) is 19.5 Å². The zero-order valence-corrected chi connectivity index (χ0v) is 31.3. The largest absolute Gasteiger partial charge is 0.573 e. The van der Waals surface area contributed by atoms with Gasteiger partial charge in [-0.15, -0.1) is 13.2 Å². The summed E-state index contributed by atoms with van der Waals surface area (Å²) in [5, 5.41) is 2.13. The Kier molecular flexibility index (Phi) is 13.0. The lowest BCUT2D eigenvalue weighted by molar-refractivity contribution is -0.573. The zero-order chi connectivity index (χ0) is 37.6. The van der Waals surface area contributed by atoms with Crippen molar-refractivity contribution in [2.75, 3.05) is 18.0 Å². The van der Waals surface area contributed by atoms with E-state index in [1.165, 1.54) is 88.5 Å². The van der Waals surface area contributed by atoms with Crippen molar-refractivity contribution in [1.82, 2.24) is 0 Å². The Balaban J connectivity index is 1.31. The molecular weight excluding hydrogens is 674 g/mol. The minimum Gasteiger partial charge on any atom is -0.406 e. The highest BCUT2D eigenvalue weighted by Gasteiger charge is 2.41. The number of halogens is 6. The van der Waals surface area contributed by atoms with E-state index in [9.17, 15) is 26.3 Å². The first-order chi connectivity index (χ1) is 24.5. The summed E-state index contributed by atoms with van der Waals surface area (Å²) in [5.41, 5.74) is 2.56. The van der Waals surface area contributed by atoms with E-state index in [4.69, 9.17) is 0 Å². The van der Waals surface area contributed by atoms with Crippen molar-refractivity contribution in [3.8, 4) is 5.75 Å². The van der Waals surface area contributed by atoms with Crippen molar-refractivity contribution < 1.29 is 36.4 Å². The van der Waals surface area contributed by atoms with Crippen LogP contribution in [0.25, 0.3) is 0 Å². The second kappa shape index (κ2) is 16.9. The molecule has 2 aromatic rings. The Bertz CT molecular complexity index is 1570. The minimum atomic E-state index is -4.77. The molecular formula is C43H57F6N2O+. The van der Waals surface area contributed by atoms with Crippen molar-refractivity contribution in [3.63, 3.8) is 0 Å². The maximum absolute atomic E-state index is 13.8. The summed E-state index contributed by atoms with van der Waals surface area (Å²) >= 11 is 0. The van der Waals surface area contributed by atoms with Crippen molar-refractivity contribution in [3.05, 3.63) is 89.2 Å². The summed E-state index contributed by atoms with van der Waals surface area (Å²) < 4.78 is 85.0. The van der Waals surface area contributed by atoms with Gasteiger partial charge in [0.15, 0.2) is 0 Å². The number of quaternary nitrogens is 1. The molecule has 1 heterocycles. The van der Waals surface area contributed by atoms with Crippen LogP contribution in [0.1, 0.15) is 128 Å². The molecule has 3 nitrogen and oxygen atoms in total. The van der Waals surface area contributed by atoms with Crippen molar-refractivity contribution in [2.45, 2.75) is 135 Å². The van der Waals surface area contributed by atoms with Crippen molar-refractivity contribution in [2.24, 2.45) is 11.8 Å². The molecule has 2 saturated carbocycles. The Labute approximate surface area is 306 Å². The molecule has 52 heavy (non-hydrogen) atoms. The second-order valence-electron chi connectivity index (χ2n) is 16.3. The Morgan fingerprint density at radius 1 is 0.808 bits per heavy atom. The molecule has 0 unspecified atom stereocenters. The van der Waals surface area contributed by atoms with E-state index < -0.39 is 28.9 Å². The summed E-state index contributed by atoms with van der Waals surface area (Å²) in [6.45, 7) is 9.69. The van der Waals surface area contributed by atoms with Gasteiger partial charge in [-0.3, -0.25) is 0 Å². The third-order valence-electron chi connectivity index (χ3n) is 11.6. The van der Waals surface area contributed by atoms with Crippen molar-refractivity contribution >= 4 is 11.4 Å². The summed E-state index contributed by atoms with van der Waals surface area (Å²) in [4.78, 5) is 2.25. The predicted octanol–water partition coefficient (Wildman–Crippen LogP) is 12.2. The first-order valence-corrected chi connectivity index (χ1v) is 19.3. The van der Waals surface area contributed by atoms with E-state index in [1.54, 1.807) is 12.1 Å². The van der Waals surface area contributed by atoms with Gasteiger partial charge in [0.25, 0.3) is 0 Å². The van der Waals surface area contributed by atoms with Gasteiger partial charge in [0.05, 0.1) is 12.1 Å². The lowest BCUT2D eigenvalue weighted by Gasteiger charge is -2.29. The molecule has 2 N–H and O–H groups in total. The van der Waals surface area contributed by atoms with Crippen LogP contribution >= 0.6 is 0 Å². The number of ether oxygens (including phenoxy) is 1. The smallest absolute Gasteiger partial charge is 0.406 e. The number of hydrogen-bond donors (Lipinski definition) is 1. The molecule has 2 fully saturated rings. The third-order valence-corrected chi connectivity index (χ3v) is 11.6. The van der Waals surface area contributed by atoms with Gasteiger partial charge >= 0.3 is 12.5 Å². The second-order valence-corrected chi connectivity index (χ2v) is 16.3. The molecule has 2 aromatic carbocycles. The number of hydrogen-bond acceptors (Lipinski definition) is 2. The fourth-order valence-corrected chi connectivity index (χ4v) is 8.59. The van der Waals surface area contributed by atoms with Crippen LogP contribution in [0.4, 0.5) is 37.7 Å². The van der Waals surface area contributed by atoms with Gasteiger partial charge in [0.2, 0.25) is 0 Å². The molecule has 0 aromatic heterocycles. The Morgan fingerprint density at radius 2 is 1.46 bits per heavy atom. The number of alkyl halides is 6. The topological polar surface area (TPSA) is 29.1 Å².